The zero-order valence-corrected chi connectivity index (χ0v) is 13.1. The minimum absolute atomic E-state index is 0.499. The SMILES string of the molecule is ON=Cc1ccc(OCc2ccc(Br)cc2)c(Br)c1. The number of oxime groups is 1. The van der Waals surface area contributed by atoms with E-state index in [1.807, 2.05) is 42.5 Å². The molecule has 2 aromatic carbocycles. The van der Waals surface area contributed by atoms with Crippen molar-refractivity contribution < 1.29 is 9.94 Å². The minimum atomic E-state index is 0.499. The first-order chi connectivity index (χ1) is 9.19. The van der Waals surface area contributed by atoms with Gasteiger partial charge >= 0.3 is 0 Å². The fourth-order valence-corrected chi connectivity index (χ4v) is 2.30. The Bertz CT molecular complexity index is 582. The van der Waals surface area contributed by atoms with E-state index in [0.717, 1.165) is 25.8 Å². The van der Waals surface area contributed by atoms with E-state index >= 15 is 0 Å². The van der Waals surface area contributed by atoms with Crippen LogP contribution >= 0.6 is 31.9 Å². The smallest absolute Gasteiger partial charge is 0.134 e. The van der Waals surface area contributed by atoms with Crippen molar-refractivity contribution in [2.24, 2.45) is 5.16 Å². The van der Waals surface area contributed by atoms with Crippen LogP contribution in [0.1, 0.15) is 11.1 Å². The summed E-state index contributed by atoms with van der Waals surface area (Å²) in [5.74, 6) is 0.748. The lowest BCUT2D eigenvalue weighted by molar-refractivity contribution is 0.304. The average molecular weight is 385 g/mol. The van der Waals surface area contributed by atoms with Crippen molar-refractivity contribution in [3.63, 3.8) is 0 Å². The van der Waals surface area contributed by atoms with Crippen LogP contribution in [0.3, 0.4) is 0 Å². The van der Waals surface area contributed by atoms with Gasteiger partial charge in [0.25, 0.3) is 0 Å². The third-order valence-corrected chi connectivity index (χ3v) is 3.62. The van der Waals surface area contributed by atoms with Gasteiger partial charge in [-0.1, -0.05) is 33.2 Å². The average Bonchev–Trinajstić information content (AvgIpc) is 2.40. The first kappa shape index (κ1) is 14.1. The summed E-state index contributed by atoms with van der Waals surface area (Å²) in [6, 6.07) is 13.5. The Morgan fingerprint density at radius 2 is 1.84 bits per heavy atom. The molecular formula is C14H11Br2NO2. The molecule has 0 aliphatic heterocycles. The lowest BCUT2D eigenvalue weighted by Crippen LogP contribution is -1.96. The monoisotopic (exact) mass is 383 g/mol. The molecule has 1 N–H and O–H groups in total. The number of hydrogen-bond acceptors (Lipinski definition) is 3. The van der Waals surface area contributed by atoms with Gasteiger partial charge in [0.1, 0.15) is 12.4 Å². The van der Waals surface area contributed by atoms with Crippen LogP contribution in [0.15, 0.2) is 56.6 Å². The van der Waals surface area contributed by atoms with Gasteiger partial charge in [-0.05, 0) is 57.4 Å². The maximum Gasteiger partial charge on any atom is 0.134 e. The van der Waals surface area contributed by atoms with E-state index in [2.05, 4.69) is 37.0 Å². The van der Waals surface area contributed by atoms with Gasteiger partial charge < -0.3 is 9.94 Å². The molecule has 0 fully saturated rings. The van der Waals surface area contributed by atoms with Gasteiger partial charge in [-0.15, -0.1) is 0 Å². The molecule has 0 heterocycles. The summed E-state index contributed by atoms with van der Waals surface area (Å²) < 4.78 is 7.59. The lowest BCUT2D eigenvalue weighted by Gasteiger charge is -2.09. The second-order valence-corrected chi connectivity index (χ2v) is 5.62. The van der Waals surface area contributed by atoms with Crippen LogP contribution in [0, 0.1) is 0 Å². The molecule has 0 saturated carbocycles. The summed E-state index contributed by atoms with van der Waals surface area (Å²) in [5, 5.41) is 11.5. The largest absolute Gasteiger partial charge is 0.488 e. The Morgan fingerprint density at radius 1 is 1.11 bits per heavy atom. The second-order valence-electron chi connectivity index (χ2n) is 3.85. The van der Waals surface area contributed by atoms with E-state index < -0.39 is 0 Å². The zero-order valence-electron chi connectivity index (χ0n) is 9.88. The topological polar surface area (TPSA) is 41.8 Å². The summed E-state index contributed by atoms with van der Waals surface area (Å²) in [6.07, 6.45) is 1.36. The molecule has 5 heteroatoms. The molecule has 0 aliphatic rings. The molecule has 0 amide bonds. The van der Waals surface area contributed by atoms with E-state index in [0.29, 0.717) is 6.61 Å². The van der Waals surface area contributed by atoms with Crippen LogP contribution in [-0.2, 0) is 6.61 Å². The van der Waals surface area contributed by atoms with Crippen LogP contribution < -0.4 is 4.74 Å². The summed E-state index contributed by atoms with van der Waals surface area (Å²) >= 11 is 6.82. The first-order valence-electron chi connectivity index (χ1n) is 5.53. The Kier molecular flexibility index (Phi) is 4.99. The standard InChI is InChI=1S/C14H11Br2NO2/c15-12-4-1-10(2-5-12)9-19-14-6-3-11(8-17-18)7-13(14)16/h1-8,18H,9H2. The maximum atomic E-state index is 8.47. The van der Waals surface area contributed by atoms with Crippen LogP contribution in [0.2, 0.25) is 0 Å². The Labute approximate surface area is 128 Å². The molecule has 0 radical (unpaired) electrons. The number of rotatable bonds is 4. The van der Waals surface area contributed by atoms with Gasteiger partial charge in [-0.2, -0.15) is 0 Å². The molecule has 0 spiro atoms. The van der Waals surface area contributed by atoms with Crippen molar-refractivity contribution in [2.45, 2.75) is 6.61 Å². The lowest BCUT2D eigenvalue weighted by atomic mass is 10.2. The highest BCUT2D eigenvalue weighted by Crippen LogP contribution is 2.26. The molecule has 0 bridgehead atoms. The van der Waals surface area contributed by atoms with Crippen molar-refractivity contribution >= 4 is 38.1 Å². The van der Waals surface area contributed by atoms with E-state index in [1.54, 1.807) is 0 Å². The molecule has 0 aliphatic carbocycles. The third kappa shape index (κ3) is 4.08. The van der Waals surface area contributed by atoms with Gasteiger partial charge in [0.05, 0.1) is 10.7 Å². The Hall–Kier alpha value is -1.33. The molecule has 98 valence electrons. The third-order valence-electron chi connectivity index (χ3n) is 2.47. The molecular weight excluding hydrogens is 374 g/mol. The molecule has 19 heavy (non-hydrogen) atoms. The fourth-order valence-electron chi connectivity index (χ4n) is 1.52. The molecule has 2 aromatic rings. The maximum absolute atomic E-state index is 8.47. The number of halogens is 2. The van der Waals surface area contributed by atoms with Crippen molar-refractivity contribution in [1.82, 2.24) is 0 Å². The summed E-state index contributed by atoms with van der Waals surface area (Å²) in [7, 11) is 0. The Balaban J connectivity index is 2.05. The zero-order chi connectivity index (χ0) is 13.7. The van der Waals surface area contributed by atoms with Gasteiger partial charge in [-0.3, -0.25) is 0 Å². The fraction of sp³-hybridized carbons (Fsp3) is 0.0714. The predicted octanol–water partition coefficient (Wildman–Crippen LogP) is 4.60. The summed E-state index contributed by atoms with van der Waals surface area (Å²) in [6.45, 7) is 0.499. The van der Waals surface area contributed by atoms with Crippen LogP contribution in [-0.4, -0.2) is 11.4 Å². The summed E-state index contributed by atoms with van der Waals surface area (Å²) in [4.78, 5) is 0. The Morgan fingerprint density at radius 3 is 2.47 bits per heavy atom. The molecule has 0 unspecified atom stereocenters. The van der Waals surface area contributed by atoms with E-state index in [4.69, 9.17) is 9.94 Å². The highest BCUT2D eigenvalue weighted by atomic mass is 79.9. The number of benzene rings is 2. The van der Waals surface area contributed by atoms with Gasteiger partial charge in [0, 0.05) is 4.47 Å². The molecule has 0 saturated heterocycles. The molecule has 0 atom stereocenters. The predicted molar refractivity (Wildman–Crippen MR) is 82.0 cm³/mol. The van der Waals surface area contributed by atoms with E-state index in [9.17, 15) is 0 Å². The van der Waals surface area contributed by atoms with Crippen LogP contribution in [0.4, 0.5) is 0 Å². The quantitative estimate of drug-likeness (QED) is 0.475. The van der Waals surface area contributed by atoms with E-state index in [1.165, 1.54) is 6.21 Å². The van der Waals surface area contributed by atoms with Crippen molar-refractivity contribution in [1.29, 1.82) is 0 Å². The second kappa shape index (κ2) is 6.73. The van der Waals surface area contributed by atoms with Gasteiger partial charge in [-0.25, -0.2) is 0 Å². The molecule has 3 nitrogen and oxygen atoms in total. The minimum Gasteiger partial charge on any atom is -0.488 e. The van der Waals surface area contributed by atoms with Crippen LogP contribution in [0.5, 0.6) is 5.75 Å². The van der Waals surface area contributed by atoms with Crippen molar-refractivity contribution in [3.8, 4) is 5.75 Å². The van der Waals surface area contributed by atoms with Crippen molar-refractivity contribution in [2.75, 3.05) is 0 Å². The van der Waals surface area contributed by atoms with Crippen molar-refractivity contribution in [3.05, 3.63) is 62.5 Å². The normalized spacial score (nSPS) is 10.8. The first-order valence-corrected chi connectivity index (χ1v) is 7.12. The van der Waals surface area contributed by atoms with Crippen LogP contribution in [0.25, 0.3) is 0 Å². The number of nitrogens with zero attached hydrogens (tertiary/aromatic N) is 1. The van der Waals surface area contributed by atoms with Gasteiger partial charge in [0.15, 0.2) is 0 Å². The highest BCUT2D eigenvalue weighted by Gasteiger charge is 2.02. The van der Waals surface area contributed by atoms with Gasteiger partial charge in [0.2, 0.25) is 0 Å². The highest BCUT2D eigenvalue weighted by molar-refractivity contribution is 9.10. The number of ether oxygens (including phenoxy) is 1. The number of hydrogen-bond donors (Lipinski definition) is 1. The summed E-state index contributed by atoms with van der Waals surface area (Å²) in [5.41, 5.74) is 1.89. The molecule has 0 aromatic heterocycles. The van der Waals surface area contributed by atoms with E-state index in [-0.39, 0.29) is 0 Å². The molecule has 2 rings (SSSR count).